The molecule has 3 N–H and O–H groups in total. The molecule has 1 atom stereocenters. The van der Waals surface area contributed by atoms with E-state index in [4.69, 9.17) is 15.6 Å². The summed E-state index contributed by atoms with van der Waals surface area (Å²) in [5.41, 5.74) is 6.80. The maximum absolute atomic E-state index is 10.8. The van der Waals surface area contributed by atoms with Gasteiger partial charge in [-0.1, -0.05) is 12.1 Å². The minimum absolute atomic E-state index is 0.457. The standard InChI is InChI=1S/C15H23NO3/c1-11-6-7-12(2)13(10-11)19-9-5-4-8-15(3,16)14(17)18/h6-7,10H,4-5,8-9,16H2,1-3H3,(H,17,18). The first kappa shape index (κ1) is 15.5. The van der Waals surface area contributed by atoms with Gasteiger partial charge in [0.2, 0.25) is 0 Å². The Kier molecular flexibility index (Phi) is 5.36. The fraction of sp³-hybridized carbons (Fsp3) is 0.533. The smallest absolute Gasteiger partial charge is 0.323 e. The molecule has 0 spiro atoms. The van der Waals surface area contributed by atoms with Crippen molar-refractivity contribution in [1.29, 1.82) is 0 Å². The van der Waals surface area contributed by atoms with E-state index in [0.717, 1.165) is 24.2 Å². The van der Waals surface area contributed by atoms with Crippen LogP contribution in [-0.4, -0.2) is 23.2 Å². The average Bonchev–Trinajstić information content (AvgIpc) is 2.32. The molecule has 1 aromatic rings. The van der Waals surface area contributed by atoms with Crippen LogP contribution in [0.4, 0.5) is 0 Å². The summed E-state index contributed by atoms with van der Waals surface area (Å²) < 4.78 is 5.70. The van der Waals surface area contributed by atoms with Crippen molar-refractivity contribution in [2.75, 3.05) is 6.61 Å². The molecular weight excluding hydrogens is 242 g/mol. The van der Waals surface area contributed by atoms with Gasteiger partial charge in [-0.25, -0.2) is 0 Å². The van der Waals surface area contributed by atoms with E-state index < -0.39 is 11.5 Å². The molecule has 4 nitrogen and oxygen atoms in total. The Hall–Kier alpha value is -1.55. The molecule has 1 unspecified atom stereocenters. The lowest BCUT2D eigenvalue weighted by Gasteiger charge is -2.18. The molecule has 0 saturated carbocycles. The molecule has 0 saturated heterocycles. The van der Waals surface area contributed by atoms with Crippen LogP contribution in [0, 0.1) is 13.8 Å². The van der Waals surface area contributed by atoms with Crippen molar-refractivity contribution in [2.24, 2.45) is 5.73 Å². The highest BCUT2D eigenvalue weighted by Crippen LogP contribution is 2.19. The van der Waals surface area contributed by atoms with E-state index >= 15 is 0 Å². The summed E-state index contributed by atoms with van der Waals surface area (Å²) in [4.78, 5) is 10.8. The lowest BCUT2D eigenvalue weighted by Crippen LogP contribution is -2.44. The summed E-state index contributed by atoms with van der Waals surface area (Å²) in [6, 6.07) is 6.10. The van der Waals surface area contributed by atoms with Crippen molar-refractivity contribution in [3.63, 3.8) is 0 Å². The monoisotopic (exact) mass is 265 g/mol. The summed E-state index contributed by atoms with van der Waals surface area (Å²) in [6.07, 6.45) is 2.00. The van der Waals surface area contributed by atoms with Crippen LogP contribution in [0.3, 0.4) is 0 Å². The van der Waals surface area contributed by atoms with Gasteiger partial charge in [0.15, 0.2) is 0 Å². The number of unbranched alkanes of at least 4 members (excludes halogenated alkanes) is 1. The predicted molar refractivity (Wildman–Crippen MR) is 75.5 cm³/mol. The number of benzene rings is 1. The fourth-order valence-electron chi connectivity index (χ4n) is 1.75. The molecule has 0 aromatic heterocycles. The van der Waals surface area contributed by atoms with E-state index in [0.29, 0.717) is 13.0 Å². The summed E-state index contributed by atoms with van der Waals surface area (Å²) in [5, 5.41) is 8.89. The van der Waals surface area contributed by atoms with Crippen molar-refractivity contribution < 1.29 is 14.6 Å². The zero-order valence-corrected chi connectivity index (χ0v) is 11.9. The predicted octanol–water partition coefficient (Wildman–Crippen LogP) is 2.65. The molecule has 0 amide bonds. The number of hydrogen-bond acceptors (Lipinski definition) is 3. The largest absolute Gasteiger partial charge is 0.493 e. The SMILES string of the molecule is Cc1ccc(C)c(OCCCCC(C)(N)C(=O)O)c1. The zero-order chi connectivity index (χ0) is 14.5. The highest BCUT2D eigenvalue weighted by molar-refractivity contribution is 5.77. The molecule has 0 bridgehead atoms. The van der Waals surface area contributed by atoms with Crippen LogP contribution in [0.1, 0.15) is 37.3 Å². The molecule has 0 fully saturated rings. The van der Waals surface area contributed by atoms with Gasteiger partial charge < -0.3 is 15.6 Å². The van der Waals surface area contributed by atoms with Gasteiger partial charge in [0.25, 0.3) is 0 Å². The number of hydrogen-bond donors (Lipinski definition) is 2. The van der Waals surface area contributed by atoms with Crippen molar-refractivity contribution in [2.45, 2.75) is 45.6 Å². The molecule has 19 heavy (non-hydrogen) atoms. The number of ether oxygens (including phenoxy) is 1. The van der Waals surface area contributed by atoms with Gasteiger partial charge in [-0.2, -0.15) is 0 Å². The second-order valence-electron chi connectivity index (χ2n) is 5.30. The van der Waals surface area contributed by atoms with Crippen LogP contribution in [0.2, 0.25) is 0 Å². The zero-order valence-electron chi connectivity index (χ0n) is 11.9. The third-order valence-corrected chi connectivity index (χ3v) is 3.18. The maximum atomic E-state index is 10.8. The number of carboxylic acid groups (broad SMARTS) is 1. The Morgan fingerprint density at radius 3 is 2.68 bits per heavy atom. The Morgan fingerprint density at radius 1 is 1.37 bits per heavy atom. The average molecular weight is 265 g/mol. The van der Waals surface area contributed by atoms with Crippen LogP contribution < -0.4 is 10.5 Å². The molecule has 1 aromatic carbocycles. The van der Waals surface area contributed by atoms with Crippen molar-refractivity contribution in [3.05, 3.63) is 29.3 Å². The highest BCUT2D eigenvalue weighted by atomic mass is 16.5. The van der Waals surface area contributed by atoms with E-state index in [1.165, 1.54) is 5.56 Å². The molecular formula is C15H23NO3. The Morgan fingerprint density at radius 2 is 2.05 bits per heavy atom. The van der Waals surface area contributed by atoms with E-state index in [2.05, 4.69) is 6.07 Å². The second kappa shape index (κ2) is 6.57. The van der Waals surface area contributed by atoms with E-state index in [9.17, 15) is 4.79 Å². The lowest BCUT2D eigenvalue weighted by atomic mass is 9.97. The van der Waals surface area contributed by atoms with Gasteiger partial charge in [0.05, 0.1) is 6.61 Å². The van der Waals surface area contributed by atoms with E-state index in [-0.39, 0.29) is 0 Å². The molecule has 0 aliphatic heterocycles. The number of nitrogens with two attached hydrogens (primary N) is 1. The van der Waals surface area contributed by atoms with Crippen molar-refractivity contribution in [3.8, 4) is 5.75 Å². The Labute approximate surface area is 114 Å². The van der Waals surface area contributed by atoms with Gasteiger partial charge in [0.1, 0.15) is 11.3 Å². The summed E-state index contributed by atoms with van der Waals surface area (Å²) in [7, 11) is 0. The molecule has 0 radical (unpaired) electrons. The first-order valence-corrected chi connectivity index (χ1v) is 6.55. The molecule has 0 heterocycles. The number of rotatable bonds is 7. The van der Waals surface area contributed by atoms with Crippen LogP contribution in [0.15, 0.2) is 18.2 Å². The molecule has 106 valence electrons. The third-order valence-electron chi connectivity index (χ3n) is 3.18. The van der Waals surface area contributed by atoms with Gasteiger partial charge in [-0.05, 0) is 57.2 Å². The highest BCUT2D eigenvalue weighted by Gasteiger charge is 2.26. The summed E-state index contributed by atoms with van der Waals surface area (Å²) >= 11 is 0. The molecule has 4 heteroatoms. The second-order valence-corrected chi connectivity index (χ2v) is 5.30. The van der Waals surface area contributed by atoms with Gasteiger partial charge in [-0.3, -0.25) is 4.79 Å². The minimum atomic E-state index is -1.14. The van der Waals surface area contributed by atoms with Gasteiger partial charge in [-0.15, -0.1) is 0 Å². The van der Waals surface area contributed by atoms with Gasteiger partial charge >= 0.3 is 5.97 Å². The summed E-state index contributed by atoms with van der Waals surface area (Å²) in [6.45, 7) is 6.16. The Bertz CT molecular complexity index is 441. The third kappa shape index (κ3) is 4.91. The maximum Gasteiger partial charge on any atom is 0.323 e. The number of carbonyl (C=O) groups is 1. The molecule has 1 rings (SSSR count). The quantitative estimate of drug-likeness (QED) is 0.743. The minimum Gasteiger partial charge on any atom is -0.493 e. The van der Waals surface area contributed by atoms with Crippen LogP contribution in [-0.2, 0) is 4.79 Å². The molecule has 0 aliphatic rings. The van der Waals surface area contributed by atoms with Crippen LogP contribution >= 0.6 is 0 Å². The Balaban J connectivity index is 2.32. The molecule has 0 aliphatic carbocycles. The lowest BCUT2D eigenvalue weighted by molar-refractivity contribution is -0.142. The van der Waals surface area contributed by atoms with E-state index in [1.807, 2.05) is 26.0 Å². The topological polar surface area (TPSA) is 72.5 Å². The number of aliphatic carboxylic acids is 1. The van der Waals surface area contributed by atoms with E-state index in [1.54, 1.807) is 6.92 Å². The van der Waals surface area contributed by atoms with Crippen molar-refractivity contribution >= 4 is 5.97 Å². The first-order valence-electron chi connectivity index (χ1n) is 6.55. The van der Waals surface area contributed by atoms with Gasteiger partial charge in [0, 0.05) is 0 Å². The van der Waals surface area contributed by atoms with Crippen molar-refractivity contribution in [1.82, 2.24) is 0 Å². The number of carboxylic acids is 1. The van der Waals surface area contributed by atoms with Crippen LogP contribution in [0.25, 0.3) is 0 Å². The van der Waals surface area contributed by atoms with Crippen LogP contribution in [0.5, 0.6) is 5.75 Å². The summed E-state index contributed by atoms with van der Waals surface area (Å²) in [5.74, 6) is -0.0586. The normalized spacial score (nSPS) is 13.9. The number of aryl methyl sites for hydroxylation is 2. The first-order chi connectivity index (χ1) is 8.83. The fourth-order valence-corrected chi connectivity index (χ4v) is 1.75.